The van der Waals surface area contributed by atoms with Gasteiger partial charge in [-0.25, -0.2) is 10.5 Å². The van der Waals surface area contributed by atoms with Crippen LogP contribution in [0.5, 0.6) is 0 Å². The third-order valence-corrected chi connectivity index (χ3v) is 7.60. The number of nitrogens with one attached hydrogen (secondary N) is 1. The first kappa shape index (κ1) is 21.9. The standard InChI is InChI=1S/C25H30N4O4/c1-33-13-12-29-21-5-3-2-4-20(21)26-22(29)16-28-11-10-25(24(28)31)9-8-17-14-18(23(30)27-32)6-7-19(17)15-25/h2-7,14,17,19,32H,8-13,15-16H2,1H3,(H,27,30)/t17?,19?,25-/m0/s1. The number of hydrogen-bond donors (Lipinski definition) is 2. The minimum Gasteiger partial charge on any atom is -0.383 e. The van der Waals surface area contributed by atoms with E-state index in [1.165, 1.54) is 0 Å². The molecule has 33 heavy (non-hydrogen) atoms. The number of hydroxylamine groups is 1. The Bertz CT molecular complexity index is 1140. The molecule has 8 nitrogen and oxygen atoms in total. The second-order valence-electron chi connectivity index (χ2n) is 9.41. The number of aromatic nitrogens is 2. The number of ether oxygens (including phenoxy) is 1. The second kappa shape index (κ2) is 8.76. The third-order valence-electron chi connectivity index (χ3n) is 7.60. The molecule has 2 unspecified atom stereocenters. The number of likely N-dealkylation sites (tertiary alicyclic amines) is 1. The Hall–Kier alpha value is -2.97. The number of hydrogen-bond acceptors (Lipinski definition) is 5. The molecule has 1 aliphatic heterocycles. The van der Waals surface area contributed by atoms with Crippen LogP contribution in [0.2, 0.25) is 0 Å². The number of allylic oxidation sites excluding steroid dienone is 2. The van der Waals surface area contributed by atoms with Crippen molar-refractivity contribution in [1.29, 1.82) is 0 Å². The van der Waals surface area contributed by atoms with Gasteiger partial charge in [-0.3, -0.25) is 14.8 Å². The van der Waals surface area contributed by atoms with Gasteiger partial charge in [0.15, 0.2) is 0 Å². The first-order valence-electron chi connectivity index (χ1n) is 11.6. The van der Waals surface area contributed by atoms with Gasteiger partial charge in [0.25, 0.3) is 5.91 Å². The van der Waals surface area contributed by atoms with Gasteiger partial charge in [-0.2, -0.15) is 0 Å². The maximum Gasteiger partial charge on any atom is 0.274 e. The summed E-state index contributed by atoms with van der Waals surface area (Å²) in [5.74, 6) is 1.11. The smallest absolute Gasteiger partial charge is 0.274 e. The third kappa shape index (κ3) is 3.87. The van der Waals surface area contributed by atoms with E-state index in [1.807, 2.05) is 35.3 Å². The van der Waals surface area contributed by atoms with Crippen molar-refractivity contribution >= 4 is 22.8 Å². The fourth-order valence-electron chi connectivity index (χ4n) is 5.82. The largest absolute Gasteiger partial charge is 0.383 e. The number of carbonyl (C=O) groups excluding carboxylic acids is 2. The van der Waals surface area contributed by atoms with Gasteiger partial charge in [0, 0.05) is 25.8 Å². The summed E-state index contributed by atoms with van der Waals surface area (Å²) in [6.45, 7) is 2.53. The van der Waals surface area contributed by atoms with Crippen molar-refractivity contribution in [3.63, 3.8) is 0 Å². The van der Waals surface area contributed by atoms with Gasteiger partial charge in [0.1, 0.15) is 5.82 Å². The van der Waals surface area contributed by atoms with E-state index in [2.05, 4.69) is 10.6 Å². The molecule has 174 valence electrons. The number of nitrogens with zero attached hydrogens (tertiary/aromatic N) is 3. The quantitative estimate of drug-likeness (QED) is 0.521. The number of para-hydroxylation sites is 2. The molecule has 1 saturated heterocycles. The molecule has 5 rings (SSSR count). The van der Waals surface area contributed by atoms with Gasteiger partial charge >= 0.3 is 0 Å². The van der Waals surface area contributed by atoms with Crippen molar-refractivity contribution in [2.45, 2.75) is 38.8 Å². The van der Waals surface area contributed by atoms with Crippen LogP contribution in [0.3, 0.4) is 0 Å². The van der Waals surface area contributed by atoms with Crippen LogP contribution in [0.15, 0.2) is 48.1 Å². The minimum atomic E-state index is -0.482. The molecule has 2 aromatic rings. The molecule has 1 aromatic heterocycles. The number of amides is 2. The van der Waals surface area contributed by atoms with E-state index in [0.717, 1.165) is 49.1 Å². The Morgan fingerprint density at radius 2 is 2.15 bits per heavy atom. The lowest BCUT2D eigenvalue weighted by molar-refractivity contribution is -0.139. The molecule has 1 saturated carbocycles. The van der Waals surface area contributed by atoms with Gasteiger partial charge in [-0.15, -0.1) is 0 Å². The van der Waals surface area contributed by atoms with E-state index in [4.69, 9.17) is 14.9 Å². The van der Waals surface area contributed by atoms with E-state index in [-0.39, 0.29) is 23.2 Å². The zero-order chi connectivity index (χ0) is 23.0. The molecular formula is C25H30N4O4. The molecule has 1 aromatic carbocycles. The molecule has 0 radical (unpaired) electrons. The topological polar surface area (TPSA) is 96.7 Å². The number of imidazole rings is 1. The van der Waals surface area contributed by atoms with Gasteiger partial charge in [-0.1, -0.05) is 30.4 Å². The lowest BCUT2D eigenvalue weighted by Gasteiger charge is -2.40. The van der Waals surface area contributed by atoms with Crippen LogP contribution >= 0.6 is 0 Å². The molecule has 1 spiro atoms. The number of rotatable bonds is 6. The highest BCUT2D eigenvalue weighted by atomic mass is 16.5. The highest BCUT2D eigenvalue weighted by Crippen LogP contribution is 2.51. The Morgan fingerprint density at radius 1 is 1.30 bits per heavy atom. The van der Waals surface area contributed by atoms with Crippen molar-refractivity contribution in [2.75, 3.05) is 20.3 Å². The fraction of sp³-hybridized carbons (Fsp3) is 0.480. The summed E-state index contributed by atoms with van der Waals surface area (Å²) in [5.41, 5.74) is 3.86. The average Bonchev–Trinajstić information content (AvgIpc) is 3.34. The first-order chi connectivity index (χ1) is 16.0. The predicted octanol–water partition coefficient (Wildman–Crippen LogP) is 2.82. The van der Waals surface area contributed by atoms with Crippen LogP contribution < -0.4 is 5.48 Å². The summed E-state index contributed by atoms with van der Waals surface area (Å²) >= 11 is 0. The highest BCUT2D eigenvalue weighted by molar-refractivity contribution is 5.95. The average molecular weight is 451 g/mol. The van der Waals surface area contributed by atoms with Gasteiger partial charge in [-0.05, 0) is 49.7 Å². The van der Waals surface area contributed by atoms with Crippen molar-refractivity contribution in [3.05, 3.63) is 53.9 Å². The summed E-state index contributed by atoms with van der Waals surface area (Å²) in [7, 11) is 1.69. The van der Waals surface area contributed by atoms with Gasteiger partial charge in [0.05, 0.1) is 29.6 Å². The molecule has 2 heterocycles. The van der Waals surface area contributed by atoms with Crippen LogP contribution in [0.25, 0.3) is 11.0 Å². The van der Waals surface area contributed by atoms with Crippen molar-refractivity contribution < 1.29 is 19.5 Å². The molecule has 0 bridgehead atoms. The molecule has 2 fully saturated rings. The van der Waals surface area contributed by atoms with E-state index >= 15 is 0 Å². The van der Waals surface area contributed by atoms with Crippen LogP contribution in [-0.4, -0.2) is 51.7 Å². The molecule has 3 atom stereocenters. The van der Waals surface area contributed by atoms with E-state index in [1.54, 1.807) is 18.7 Å². The Balaban J connectivity index is 1.32. The van der Waals surface area contributed by atoms with E-state index in [0.29, 0.717) is 25.3 Å². The summed E-state index contributed by atoms with van der Waals surface area (Å²) in [6, 6.07) is 8.05. The second-order valence-corrected chi connectivity index (χ2v) is 9.41. The van der Waals surface area contributed by atoms with Crippen LogP contribution in [0.1, 0.15) is 31.5 Å². The monoisotopic (exact) mass is 450 g/mol. The molecule has 2 amide bonds. The molecular weight excluding hydrogens is 420 g/mol. The molecule has 3 aliphatic rings. The first-order valence-corrected chi connectivity index (χ1v) is 11.6. The fourth-order valence-corrected chi connectivity index (χ4v) is 5.82. The lowest BCUT2D eigenvalue weighted by atomic mass is 9.63. The summed E-state index contributed by atoms with van der Waals surface area (Å²) in [4.78, 5) is 32.2. The zero-order valence-electron chi connectivity index (χ0n) is 18.9. The Morgan fingerprint density at radius 3 is 2.97 bits per heavy atom. The summed E-state index contributed by atoms with van der Waals surface area (Å²) in [6.07, 6.45) is 9.09. The Labute approximate surface area is 192 Å². The summed E-state index contributed by atoms with van der Waals surface area (Å²) in [5, 5.41) is 8.91. The maximum atomic E-state index is 13.6. The highest BCUT2D eigenvalue weighted by Gasteiger charge is 2.51. The number of benzene rings is 1. The lowest BCUT2D eigenvalue weighted by Crippen LogP contribution is -2.41. The van der Waals surface area contributed by atoms with Crippen molar-refractivity contribution in [2.24, 2.45) is 17.3 Å². The summed E-state index contributed by atoms with van der Waals surface area (Å²) < 4.78 is 7.46. The molecule has 2 N–H and O–H groups in total. The Kier molecular flexibility index (Phi) is 5.80. The minimum absolute atomic E-state index is 0.225. The SMILES string of the molecule is COCCn1c(CN2CC[C@]3(CCC4C=C(C(=O)NO)C=CC4C3)C2=O)nc2ccccc21. The number of methoxy groups -OCH3 is 1. The number of fused-ring (bicyclic) bond motifs is 2. The maximum absolute atomic E-state index is 13.6. The normalized spacial score (nSPS) is 26.7. The number of carbonyl (C=O) groups is 2. The van der Waals surface area contributed by atoms with Crippen molar-refractivity contribution in [3.8, 4) is 0 Å². The van der Waals surface area contributed by atoms with Crippen molar-refractivity contribution in [1.82, 2.24) is 19.9 Å². The zero-order valence-corrected chi connectivity index (χ0v) is 18.9. The van der Waals surface area contributed by atoms with Crippen LogP contribution in [0, 0.1) is 17.3 Å². The van der Waals surface area contributed by atoms with Gasteiger partial charge in [0.2, 0.25) is 5.91 Å². The van der Waals surface area contributed by atoms with E-state index in [9.17, 15) is 9.59 Å². The molecule has 8 heteroatoms. The van der Waals surface area contributed by atoms with E-state index < -0.39 is 5.91 Å². The predicted molar refractivity (Wildman–Crippen MR) is 122 cm³/mol. The van der Waals surface area contributed by atoms with Gasteiger partial charge < -0.3 is 14.2 Å². The van der Waals surface area contributed by atoms with Crippen LogP contribution in [-0.2, 0) is 27.4 Å². The van der Waals surface area contributed by atoms with Crippen LogP contribution in [0.4, 0.5) is 0 Å². The molecule has 2 aliphatic carbocycles.